The minimum atomic E-state index is -0.539. The Morgan fingerprint density at radius 3 is 2.54 bits per heavy atom. The molecular formula is C31H23N5O5. The third-order valence-electron chi connectivity index (χ3n) is 8.60. The maximum atomic E-state index is 13.7. The topological polar surface area (TPSA) is 140 Å². The van der Waals surface area contributed by atoms with Crippen LogP contribution in [0.5, 0.6) is 0 Å². The van der Waals surface area contributed by atoms with E-state index in [2.05, 4.69) is 20.3 Å². The van der Waals surface area contributed by atoms with Crippen LogP contribution in [-0.4, -0.2) is 57.1 Å². The first kappa shape index (κ1) is 23.5. The van der Waals surface area contributed by atoms with Crippen LogP contribution < -0.4 is 5.32 Å². The van der Waals surface area contributed by atoms with Gasteiger partial charge in [0.05, 0.1) is 12.8 Å². The number of rotatable bonds is 4. The number of aromatic amines is 3. The highest BCUT2D eigenvalue weighted by atomic mass is 16.5. The number of H-pyrrole nitrogens is 3. The molecule has 0 radical (unpaired) electrons. The highest BCUT2D eigenvalue weighted by molar-refractivity contribution is 6.10. The summed E-state index contributed by atoms with van der Waals surface area (Å²) in [6, 6.07) is 18.4. The van der Waals surface area contributed by atoms with Crippen LogP contribution >= 0.6 is 0 Å². The van der Waals surface area contributed by atoms with Crippen molar-refractivity contribution in [2.75, 3.05) is 19.0 Å². The van der Waals surface area contributed by atoms with Crippen LogP contribution in [0.3, 0.4) is 0 Å². The quantitative estimate of drug-likeness (QED) is 0.246. The first-order valence-corrected chi connectivity index (χ1v) is 13.3. The minimum Gasteiger partial charge on any atom is -0.464 e. The number of carbonyl (C=O) groups excluding carboxylic acids is 4. The average Bonchev–Trinajstić information content (AvgIpc) is 3.46. The third kappa shape index (κ3) is 3.30. The van der Waals surface area contributed by atoms with Gasteiger partial charge in [0.15, 0.2) is 0 Å². The average molecular weight is 546 g/mol. The van der Waals surface area contributed by atoms with Crippen LogP contribution in [-0.2, 0) is 10.2 Å². The lowest BCUT2D eigenvalue weighted by Gasteiger charge is -2.27. The zero-order valence-corrected chi connectivity index (χ0v) is 21.8. The van der Waals surface area contributed by atoms with Crippen LogP contribution in [0.4, 0.5) is 5.69 Å². The number of methoxy groups -OCH3 is 1. The number of amides is 2. The molecule has 2 aromatic carbocycles. The minimum absolute atomic E-state index is 0.168. The van der Waals surface area contributed by atoms with Crippen LogP contribution in [0, 0.1) is 5.92 Å². The van der Waals surface area contributed by atoms with Gasteiger partial charge in [-0.05, 0) is 60.4 Å². The molecule has 4 heterocycles. The van der Waals surface area contributed by atoms with E-state index < -0.39 is 11.4 Å². The van der Waals surface area contributed by atoms with E-state index in [0.29, 0.717) is 35.0 Å². The van der Waals surface area contributed by atoms with Crippen molar-refractivity contribution in [3.05, 3.63) is 101 Å². The fourth-order valence-corrected chi connectivity index (χ4v) is 6.57. The van der Waals surface area contributed by atoms with Gasteiger partial charge in [0.25, 0.3) is 11.8 Å². The van der Waals surface area contributed by atoms with Gasteiger partial charge >= 0.3 is 5.97 Å². The number of nitrogens with one attached hydrogen (secondary N) is 4. The number of aromatic nitrogens is 3. The maximum Gasteiger partial charge on any atom is 0.354 e. The summed E-state index contributed by atoms with van der Waals surface area (Å²) in [4.78, 5) is 62.6. The molecule has 1 aliphatic heterocycles. The van der Waals surface area contributed by atoms with Crippen molar-refractivity contribution in [3.8, 4) is 0 Å². The smallest absolute Gasteiger partial charge is 0.354 e. The monoisotopic (exact) mass is 545 g/mol. The van der Waals surface area contributed by atoms with Crippen LogP contribution in [0.25, 0.3) is 21.8 Å². The number of likely N-dealkylation sites (tertiary alicyclic amines) is 1. The summed E-state index contributed by atoms with van der Waals surface area (Å²) in [6.07, 6.45) is 2.33. The number of para-hydroxylation sites is 1. The number of anilines is 1. The highest BCUT2D eigenvalue weighted by Gasteiger charge is 2.68. The van der Waals surface area contributed by atoms with Crippen molar-refractivity contribution >= 4 is 51.1 Å². The second-order valence-corrected chi connectivity index (χ2v) is 10.9. The van der Waals surface area contributed by atoms with Crippen molar-refractivity contribution in [2.45, 2.75) is 11.8 Å². The van der Waals surface area contributed by atoms with Crippen LogP contribution in [0.1, 0.15) is 53.9 Å². The number of nitrogens with zero attached hydrogens (tertiary/aromatic N) is 1. The van der Waals surface area contributed by atoms with E-state index in [1.165, 1.54) is 13.2 Å². The molecule has 5 aromatic rings. The summed E-state index contributed by atoms with van der Waals surface area (Å²) in [6.45, 7) is 0.483. The molecule has 2 fully saturated rings. The molecule has 2 amide bonds. The van der Waals surface area contributed by atoms with Gasteiger partial charge in [0.2, 0.25) is 5.78 Å². The van der Waals surface area contributed by atoms with E-state index in [-0.39, 0.29) is 29.2 Å². The molecule has 8 rings (SSSR count). The Hall–Kier alpha value is -5.38. The molecule has 2 aliphatic carbocycles. The largest absolute Gasteiger partial charge is 0.464 e. The molecule has 202 valence electrons. The van der Waals surface area contributed by atoms with Crippen LogP contribution in [0.15, 0.2) is 72.4 Å². The first-order valence-electron chi connectivity index (χ1n) is 13.3. The molecule has 2 unspecified atom stereocenters. The zero-order chi connectivity index (χ0) is 28.0. The molecule has 4 N–H and O–H groups in total. The number of ketones is 1. The molecule has 41 heavy (non-hydrogen) atoms. The molecular weight excluding hydrogens is 522 g/mol. The number of esters is 1. The molecule has 1 saturated heterocycles. The number of carbonyl (C=O) groups is 4. The molecule has 1 saturated carbocycles. The molecule has 3 aromatic heterocycles. The summed E-state index contributed by atoms with van der Waals surface area (Å²) < 4.78 is 4.83. The van der Waals surface area contributed by atoms with E-state index in [9.17, 15) is 19.2 Å². The normalized spacial score (nSPS) is 20.4. The summed E-state index contributed by atoms with van der Waals surface area (Å²) in [5.74, 6) is -1.14. The number of allylic oxidation sites excluding steroid dienone is 2. The summed E-state index contributed by atoms with van der Waals surface area (Å²) in [7, 11) is 1.29. The van der Waals surface area contributed by atoms with Crippen molar-refractivity contribution in [1.82, 2.24) is 19.9 Å². The van der Waals surface area contributed by atoms with Gasteiger partial charge in [-0.1, -0.05) is 18.2 Å². The SMILES string of the molecule is COC(=O)c1cc2c([nH]1)C(=O)C=C1N(C(=O)c3cc4cc(NC(=O)c5cc6ccccc6[nH]5)ccc4[nH]3)CC3CC123. The lowest BCUT2D eigenvalue weighted by Crippen LogP contribution is -2.33. The Balaban J connectivity index is 1.06. The summed E-state index contributed by atoms with van der Waals surface area (Å²) in [5, 5.41) is 4.64. The van der Waals surface area contributed by atoms with Crippen molar-refractivity contribution in [1.29, 1.82) is 0 Å². The molecule has 10 nitrogen and oxygen atoms in total. The number of hydrogen-bond donors (Lipinski definition) is 4. The van der Waals surface area contributed by atoms with E-state index in [1.54, 1.807) is 29.2 Å². The van der Waals surface area contributed by atoms with Crippen LogP contribution in [0.2, 0.25) is 0 Å². The molecule has 1 spiro atoms. The predicted molar refractivity (Wildman–Crippen MR) is 150 cm³/mol. The van der Waals surface area contributed by atoms with E-state index in [0.717, 1.165) is 33.8 Å². The van der Waals surface area contributed by atoms with Gasteiger partial charge in [-0.2, -0.15) is 0 Å². The molecule has 2 atom stereocenters. The third-order valence-corrected chi connectivity index (χ3v) is 8.60. The zero-order valence-electron chi connectivity index (χ0n) is 21.8. The number of benzene rings is 2. The van der Waals surface area contributed by atoms with Gasteiger partial charge in [-0.15, -0.1) is 0 Å². The second kappa shape index (κ2) is 8.07. The Labute approximate surface area is 232 Å². The maximum absolute atomic E-state index is 13.7. The Bertz CT molecular complexity index is 1990. The lowest BCUT2D eigenvalue weighted by molar-refractivity contribution is 0.0594. The summed E-state index contributed by atoms with van der Waals surface area (Å²) >= 11 is 0. The van der Waals surface area contributed by atoms with Crippen molar-refractivity contribution < 1.29 is 23.9 Å². The van der Waals surface area contributed by atoms with Gasteiger partial charge < -0.3 is 29.9 Å². The number of hydrogen-bond acceptors (Lipinski definition) is 5. The van der Waals surface area contributed by atoms with Gasteiger partial charge in [-0.25, -0.2) is 4.79 Å². The molecule has 10 heteroatoms. The first-order chi connectivity index (χ1) is 19.9. The highest BCUT2D eigenvalue weighted by Crippen LogP contribution is 2.66. The van der Waals surface area contributed by atoms with Crippen molar-refractivity contribution in [3.63, 3.8) is 0 Å². The number of piperidine rings is 1. The predicted octanol–water partition coefficient (Wildman–Crippen LogP) is 4.51. The lowest BCUT2D eigenvalue weighted by atomic mass is 9.85. The van der Waals surface area contributed by atoms with E-state index in [1.807, 2.05) is 36.4 Å². The van der Waals surface area contributed by atoms with Gasteiger partial charge in [-0.3, -0.25) is 14.4 Å². The summed E-state index contributed by atoms with van der Waals surface area (Å²) in [5.41, 5.74) is 4.67. The Morgan fingerprint density at radius 1 is 0.927 bits per heavy atom. The Kier molecular flexibility index (Phi) is 4.63. The molecule has 0 bridgehead atoms. The standard InChI is InChI=1S/C31H23N5O5/c1-41-30(40)24-11-19-27(35-24)25(37)12-26-31(19)13-17(31)14-36(26)29(39)23-10-16-8-18(6-7-21(16)34-23)32-28(38)22-9-15-4-2-3-5-20(15)33-22/h2-12,17,33-35H,13-14H2,1H3,(H,32,38). The second-order valence-electron chi connectivity index (χ2n) is 10.9. The number of fused-ring (bicyclic) bond motifs is 3. The van der Waals surface area contributed by atoms with E-state index >= 15 is 0 Å². The van der Waals surface area contributed by atoms with E-state index in [4.69, 9.17) is 4.74 Å². The van der Waals surface area contributed by atoms with Crippen molar-refractivity contribution in [2.24, 2.45) is 5.92 Å². The fraction of sp³-hybridized carbons (Fsp3) is 0.161. The number of ether oxygens (including phenoxy) is 1. The fourth-order valence-electron chi connectivity index (χ4n) is 6.57. The molecule has 3 aliphatic rings. The Morgan fingerprint density at radius 2 is 1.71 bits per heavy atom. The van der Waals surface area contributed by atoms with Gasteiger partial charge in [0.1, 0.15) is 17.1 Å². The van der Waals surface area contributed by atoms with Gasteiger partial charge in [0, 0.05) is 51.2 Å².